The fraction of sp³-hybridized carbons (Fsp3) is 0.192. The van der Waals surface area contributed by atoms with Gasteiger partial charge < -0.3 is 14.4 Å². The number of hydrogen-bond donors (Lipinski definition) is 0. The van der Waals surface area contributed by atoms with E-state index in [4.69, 9.17) is 14.7 Å². The Bertz CT molecular complexity index is 1080. The van der Waals surface area contributed by atoms with Crippen LogP contribution in [0.3, 0.4) is 0 Å². The van der Waals surface area contributed by atoms with Crippen LogP contribution in [0.5, 0.6) is 5.75 Å². The van der Waals surface area contributed by atoms with Crippen molar-refractivity contribution in [1.29, 1.82) is 5.26 Å². The molecular weight excluding hydrogens is 404 g/mol. The highest BCUT2D eigenvalue weighted by atomic mass is 16.5. The zero-order valence-electron chi connectivity index (χ0n) is 17.8. The minimum Gasteiger partial charge on any atom is -0.488 e. The van der Waals surface area contributed by atoms with E-state index in [1.54, 1.807) is 48.5 Å². The lowest BCUT2D eigenvalue weighted by atomic mass is 10.2. The predicted octanol–water partition coefficient (Wildman–Crippen LogP) is 4.76. The maximum Gasteiger partial charge on any atom is 0.342 e. The molecule has 1 atom stereocenters. The van der Waals surface area contributed by atoms with Gasteiger partial charge in [-0.25, -0.2) is 4.79 Å². The number of carbonyl (C=O) groups excluding carboxylic acids is 2. The Morgan fingerprint density at radius 1 is 0.938 bits per heavy atom. The molecule has 0 radical (unpaired) electrons. The first kappa shape index (κ1) is 22.6. The summed E-state index contributed by atoms with van der Waals surface area (Å²) >= 11 is 0. The van der Waals surface area contributed by atoms with Gasteiger partial charge in [-0.3, -0.25) is 4.79 Å². The molecule has 0 N–H and O–H groups in total. The Hall–Kier alpha value is -4.11. The summed E-state index contributed by atoms with van der Waals surface area (Å²) < 4.78 is 11.3. The number of nitriles is 1. The Morgan fingerprint density at radius 3 is 2.25 bits per heavy atom. The monoisotopic (exact) mass is 428 g/mol. The fourth-order valence-corrected chi connectivity index (χ4v) is 3.13. The van der Waals surface area contributed by atoms with Crippen molar-refractivity contribution in [1.82, 2.24) is 0 Å². The molecule has 3 aromatic carbocycles. The van der Waals surface area contributed by atoms with E-state index in [0.29, 0.717) is 18.0 Å². The molecule has 1 unspecified atom stereocenters. The molecule has 3 aromatic rings. The van der Waals surface area contributed by atoms with E-state index in [1.807, 2.05) is 42.5 Å². The van der Waals surface area contributed by atoms with Gasteiger partial charge >= 0.3 is 5.97 Å². The van der Waals surface area contributed by atoms with Crippen LogP contribution in [0, 0.1) is 11.3 Å². The van der Waals surface area contributed by atoms with Gasteiger partial charge in [0, 0.05) is 12.2 Å². The largest absolute Gasteiger partial charge is 0.488 e. The fourth-order valence-electron chi connectivity index (χ4n) is 3.13. The molecule has 0 saturated carbocycles. The number of rotatable bonds is 9. The second kappa shape index (κ2) is 11.3. The van der Waals surface area contributed by atoms with Gasteiger partial charge in [0.05, 0.1) is 12.5 Å². The minimum atomic E-state index is -1.04. The average molecular weight is 428 g/mol. The zero-order chi connectivity index (χ0) is 22.8. The highest BCUT2D eigenvalue weighted by molar-refractivity contribution is 5.99. The summed E-state index contributed by atoms with van der Waals surface area (Å²) in [6.45, 7) is 2.03. The van der Waals surface area contributed by atoms with Crippen LogP contribution in [0.2, 0.25) is 0 Å². The van der Waals surface area contributed by atoms with E-state index in [0.717, 1.165) is 5.56 Å². The molecule has 0 aliphatic carbocycles. The van der Waals surface area contributed by atoms with E-state index in [1.165, 1.54) is 11.8 Å². The maximum absolute atomic E-state index is 13.0. The lowest BCUT2D eigenvalue weighted by Crippen LogP contribution is -2.40. The molecule has 0 heterocycles. The van der Waals surface area contributed by atoms with E-state index in [9.17, 15) is 9.59 Å². The van der Waals surface area contributed by atoms with E-state index in [2.05, 4.69) is 0 Å². The highest BCUT2D eigenvalue weighted by Gasteiger charge is 2.26. The Balaban J connectivity index is 1.70. The van der Waals surface area contributed by atoms with Gasteiger partial charge in [-0.15, -0.1) is 0 Å². The number of amides is 1. The molecule has 0 fully saturated rings. The molecule has 32 heavy (non-hydrogen) atoms. The van der Waals surface area contributed by atoms with Crippen LogP contribution in [-0.2, 0) is 16.1 Å². The summed E-state index contributed by atoms with van der Waals surface area (Å²) in [6.07, 6.45) is -0.874. The Kier molecular flexibility index (Phi) is 7.99. The van der Waals surface area contributed by atoms with E-state index in [-0.39, 0.29) is 18.5 Å². The van der Waals surface area contributed by atoms with Crippen LogP contribution < -0.4 is 9.64 Å². The number of esters is 1. The third kappa shape index (κ3) is 5.96. The Morgan fingerprint density at radius 2 is 1.56 bits per heavy atom. The van der Waals surface area contributed by atoms with Gasteiger partial charge in [-0.1, -0.05) is 60.7 Å². The first-order chi connectivity index (χ1) is 15.6. The third-order valence-electron chi connectivity index (χ3n) is 4.76. The lowest BCUT2D eigenvalue weighted by molar-refractivity contribution is -0.126. The van der Waals surface area contributed by atoms with Gasteiger partial charge in [0.2, 0.25) is 0 Å². The number of hydrogen-bond acceptors (Lipinski definition) is 5. The molecule has 6 nitrogen and oxygen atoms in total. The summed E-state index contributed by atoms with van der Waals surface area (Å²) in [5.74, 6) is -0.671. The molecule has 0 aliphatic heterocycles. The standard InChI is InChI=1S/C26H24N2O4/c1-20(25(29)28(18-10-17-27)22-13-6-3-7-14-22)32-26(30)23-15-8-9-16-24(23)31-19-21-11-4-2-5-12-21/h2-9,11-16,20H,10,18-19H2,1H3. The summed E-state index contributed by atoms with van der Waals surface area (Å²) in [7, 11) is 0. The van der Waals surface area contributed by atoms with Crippen LogP contribution in [0.25, 0.3) is 0 Å². The van der Waals surface area contributed by atoms with Gasteiger partial charge in [0.1, 0.15) is 17.9 Å². The molecular formula is C26H24N2O4. The van der Waals surface area contributed by atoms with Crippen molar-refractivity contribution < 1.29 is 19.1 Å². The molecule has 162 valence electrons. The molecule has 0 saturated heterocycles. The second-order valence-electron chi connectivity index (χ2n) is 7.05. The first-order valence-corrected chi connectivity index (χ1v) is 10.3. The average Bonchev–Trinajstić information content (AvgIpc) is 2.84. The van der Waals surface area contributed by atoms with Crippen LogP contribution >= 0.6 is 0 Å². The summed E-state index contributed by atoms with van der Waals surface area (Å²) in [5.41, 5.74) is 1.85. The van der Waals surface area contributed by atoms with Gasteiger partial charge in [-0.2, -0.15) is 5.26 Å². The topological polar surface area (TPSA) is 79.6 Å². The highest BCUT2D eigenvalue weighted by Crippen LogP contribution is 2.22. The van der Waals surface area contributed by atoms with Crippen molar-refractivity contribution in [3.63, 3.8) is 0 Å². The van der Waals surface area contributed by atoms with Crippen molar-refractivity contribution in [2.24, 2.45) is 0 Å². The smallest absolute Gasteiger partial charge is 0.342 e. The molecule has 0 spiro atoms. The van der Waals surface area contributed by atoms with Crippen molar-refractivity contribution in [3.8, 4) is 11.8 Å². The van der Waals surface area contributed by atoms with Crippen molar-refractivity contribution in [3.05, 3.63) is 96.1 Å². The van der Waals surface area contributed by atoms with Gasteiger partial charge in [0.25, 0.3) is 5.91 Å². The predicted molar refractivity (Wildman–Crippen MR) is 121 cm³/mol. The molecule has 3 rings (SSSR count). The number of carbonyl (C=O) groups is 2. The minimum absolute atomic E-state index is 0.164. The number of ether oxygens (including phenoxy) is 2. The number of nitrogens with zero attached hydrogens (tertiary/aromatic N) is 2. The first-order valence-electron chi connectivity index (χ1n) is 10.3. The quantitative estimate of drug-likeness (QED) is 0.459. The van der Waals surface area contributed by atoms with Crippen molar-refractivity contribution >= 4 is 17.6 Å². The molecule has 6 heteroatoms. The van der Waals surface area contributed by atoms with Gasteiger partial charge in [0.15, 0.2) is 6.10 Å². The van der Waals surface area contributed by atoms with E-state index < -0.39 is 18.0 Å². The van der Waals surface area contributed by atoms with Crippen LogP contribution in [0.4, 0.5) is 5.69 Å². The third-order valence-corrected chi connectivity index (χ3v) is 4.76. The SMILES string of the molecule is CC(OC(=O)c1ccccc1OCc1ccccc1)C(=O)N(CCC#N)c1ccccc1. The van der Waals surface area contributed by atoms with Crippen molar-refractivity contribution in [2.45, 2.75) is 26.1 Å². The molecule has 1 amide bonds. The van der Waals surface area contributed by atoms with Crippen LogP contribution in [-0.4, -0.2) is 24.5 Å². The molecule has 0 aliphatic rings. The normalized spacial score (nSPS) is 11.1. The van der Waals surface area contributed by atoms with Crippen LogP contribution in [0.1, 0.15) is 29.3 Å². The molecule has 0 bridgehead atoms. The number of anilines is 1. The summed E-state index contributed by atoms with van der Waals surface area (Å²) in [5, 5.41) is 8.95. The zero-order valence-corrected chi connectivity index (χ0v) is 17.8. The van der Waals surface area contributed by atoms with Gasteiger partial charge in [-0.05, 0) is 36.8 Å². The van der Waals surface area contributed by atoms with Crippen molar-refractivity contribution in [2.75, 3.05) is 11.4 Å². The number of benzene rings is 3. The second-order valence-corrected chi connectivity index (χ2v) is 7.05. The maximum atomic E-state index is 13.0. The Labute approximate surface area is 187 Å². The summed E-state index contributed by atoms with van der Waals surface area (Å²) in [4.78, 5) is 27.3. The summed E-state index contributed by atoms with van der Waals surface area (Å²) in [6, 6.07) is 27.4. The number of para-hydroxylation sites is 2. The molecule has 0 aromatic heterocycles. The van der Waals surface area contributed by atoms with Crippen LogP contribution in [0.15, 0.2) is 84.9 Å². The van der Waals surface area contributed by atoms with E-state index >= 15 is 0 Å². The lowest BCUT2D eigenvalue weighted by Gasteiger charge is -2.25.